The van der Waals surface area contributed by atoms with E-state index in [-0.39, 0.29) is 5.82 Å². The standard InChI is InChI=1S/C16H11F.C7H9N/c1-2-13-3-5-14(6-4-13)7-8-15-9-11-16(17)12-10-15;1-8-7-5-3-2-4-6-7/h2-6,9-12H,1H2;2-6,8H,1H3. The van der Waals surface area contributed by atoms with E-state index in [2.05, 4.69) is 23.7 Å². The SMILES string of the molecule is C=Cc1ccc(C#Cc2ccc(F)cc2)cc1.CNc1ccccc1. The maximum absolute atomic E-state index is 12.7. The number of nitrogens with one attached hydrogen (secondary N) is 1. The van der Waals surface area contributed by atoms with Gasteiger partial charge in [0, 0.05) is 23.9 Å². The molecule has 2 heteroatoms. The fourth-order valence-corrected chi connectivity index (χ4v) is 1.98. The molecule has 0 unspecified atom stereocenters. The van der Waals surface area contributed by atoms with Gasteiger partial charge in [-0.25, -0.2) is 4.39 Å². The molecule has 0 aliphatic rings. The summed E-state index contributed by atoms with van der Waals surface area (Å²) < 4.78 is 12.7. The van der Waals surface area contributed by atoms with Crippen LogP contribution in [0.5, 0.6) is 0 Å². The van der Waals surface area contributed by atoms with Crippen molar-refractivity contribution >= 4 is 11.8 Å². The van der Waals surface area contributed by atoms with E-state index >= 15 is 0 Å². The molecule has 0 aliphatic carbocycles. The van der Waals surface area contributed by atoms with Crippen molar-refractivity contribution in [3.8, 4) is 11.8 Å². The zero-order chi connectivity index (χ0) is 17.9. The molecule has 1 nitrogen and oxygen atoms in total. The summed E-state index contributed by atoms with van der Waals surface area (Å²) in [5.41, 5.74) is 3.96. The van der Waals surface area contributed by atoms with Crippen LogP contribution >= 0.6 is 0 Å². The molecule has 0 heterocycles. The minimum atomic E-state index is -0.245. The molecule has 0 atom stereocenters. The molecule has 3 rings (SSSR count). The predicted molar refractivity (Wildman–Crippen MR) is 105 cm³/mol. The largest absolute Gasteiger partial charge is 0.388 e. The fraction of sp³-hybridized carbons (Fsp3) is 0.0435. The topological polar surface area (TPSA) is 12.0 Å². The summed E-state index contributed by atoms with van der Waals surface area (Å²) in [7, 11) is 1.91. The summed E-state index contributed by atoms with van der Waals surface area (Å²) in [6.07, 6.45) is 1.79. The first kappa shape index (κ1) is 18.0. The summed E-state index contributed by atoms with van der Waals surface area (Å²) in [5.74, 6) is 5.76. The van der Waals surface area contributed by atoms with E-state index in [1.807, 2.05) is 61.6 Å². The number of benzene rings is 3. The van der Waals surface area contributed by atoms with Crippen molar-refractivity contribution in [2.24, 2.45) is 0 Å². The van der Waals surface area contributed by atoms with Crippen molar-refractivity contribution < 1.29 is 4.39 Å². The average Bonchev–Trinajstić information content (AvgIpc) is 2.69. The summed E-state index contributed by atoms with van der Waals surface area (Å²) in [5, 5.41) is 3.03. The summed E-state index contributed by atoms with van der Waals surface area (Å²) in [6, 6.07) is 24.0. The monoisotopic (exact) mass is 329 g/mol. The van der Waals surface area contributed by atoms with Gasteiger partial charge in [-0.2, -0.15) is 0 Å². The molecule has 0 saturated heterocycles. The Labute approximate surface area is 148 Å². The first-order chi connectivity index (χ1) is 12.2. The van der Waals surface area contributed by atoms with Crippen molar-refractivity contribution in [2.75, 3.05) is 12.4 Å². The zero-order valence-electron chi connectivity index (χ0n) is 14.2. The molecule has 0 saturated carbocycles. The Bertz CT molecular complexity index is 839. The highest BCUT2D eigenvalue weighted by Crippen LogP contribution is 2.05. The average molecular weight is 329 g/mol. The number of anilines is 1. The molecular weight excluding hydrogens is 309 g/mol. The first-order valence-electron chi connectivity index (χ1n) is 7.94. The Hall–Kier alpha value is -3.31. The number of hydrogen-bond donors (Lipinski definition) is 1. The molecule has 1 N–H and O–H groups in total. The van der Waals surface area contributed by atoms with Gasteiger partial charge in [0.05, 0.1) is 0 Å². The molecule has 3 aromatic carbocycles. The number of rotatable bonds is 2. The molecule has 0 spiro atoms. The number of para-hydroxylation sites is 1. The molecule has 0 amide bonds. The van der Waals surface area contributed by atoms with Crippen molar-refractivity contribution in [1.82, 2.24) is 0 Å². The van der Waals surface area contributed by atoms with Crippen LogP contribution < -0.4 is 5.32 Å². The third-order valence-corrected chi connectivity index (χ3v) is 3.40. The van der Waals surface area contributed by atoms with Gasteiger partial charge in [-0.1, -0.05) is 54.8 Å². The lowest BCUT2D eigenvalue weighted by molar-refractivity contribution is 0.627. The van der Waals surface area contributed by atoms with Gasteiger partial charge in [-0.15, -0.1) is 0 Å². The molecule has 25 heavy (non-hydrogen) atoms. The highest BCUT2D eigenvalue weighted by molar-refractivity contribution is 5.50. The van der Waals surface area contributed by atoms with E-state index in [9.17, 15) is 4.39 Å². The van der Waals surface area contributed by atoms with Crippen LogP contribution in [0.3, 0.4) is 0 Å². The van der Waals surface area contributed by atoms with Crippen molar-refractivity contribution in [2.45, 2.75) is 0 Å². The maximum atomic E-state index is 12.7. The van der Waals surface area contributed by atoms with Crippen LogP contribution in [0.15, 0.2) is 85.4 Å². The fourth-order valence-electron chi connectivity index (χ4n) is 1.98. The lowest BCUT2D eigenvalue weighted by atomic mass is 10.1. The lowest BCUT2D eigenvalue weighted by Crippen LogP contribution is -1.84. The lowest BCUT2D eigenvalue weighted by Gasteiger charge is -1.94. The van der Waals surface area contributed by atoms with E-state index in [1.165, 1.54) is 12.1 Å². The second kappa shape index (κ2) is 9.75. The molecule has 0 bridgehead atoms. The Kier molecular flexibility index (Phi) is 7.03. The van der Waals surface area contributed by atoms with Crippen LogP contribution in [-0.4, -0.2) is 7.05 Å². The highest BCUT2D eigenvalue weighted by atomic mass is 19.1. The van der Waals surface area contributed by atoms with Gasteiger partial charge < -0.3 is 5.32 Å². The molecule has 3 aromatic rings. The summed E-state index contributed by atoms with van der Waals surface area (Å²) in [4.78, 5) is 0. The second-order valence-corrected chi connectivity index (χ2v) is 5.20. The van der Waals surface area contributed by atoms with Crippen LogP contribution in [0.4, 0.5) is 10.1 Å². The van der Waals surface area contributed by atoms with E-state index in [1.54, 1.807) is 18.2 Å². The minimum absolute atomic E-state index is 0.245. The van der Waals surface area contributed by atoms with E-state index in [0.717, 1.165) is 22.4 Å². The van der Waals surface area contributed by atoms with Gasteiger partial charge >= 0.3 is 0 Å². The van der Waals surface area contributed by atoms with Gasteiger partial charge in [-0.3, -0.25) is 0 Å². The third-order valence-electron chi connectivity index (χ3n) is 3.40. The highest BCUT2D eigenvalue weighted by Gasteiger charge is 1.90. The molecule has 0 aromatic heterocycles. The number of halogens is 1. The van der Waals surface area contributed by atoms with E-state index in [0.29, 0.717) is 0 Å². The molecule has 0 aliphatic heterocycles. The Balaban J connectivity index is 0.000000236. The van der Waals surface area contributed by atoms with Crippen LogP contribution in [-0.2, 0) is 0 Å². The Morgan fingerprint density at radius 2 is 1.32 bits per heavy atom. The smallest absolute Gasteiger partial charge is 0.123 e. The van der Waals surface area contributed by atoms with Crippen LogP contribution in [0.1, 0.15) is 16.7 Å². The normalized spacial score (nSPS) is 9.04. The van der Waals surface area contributed by atoms with Crippen LogP contribution in [0.2, 0.25) is 0 Å². The van der Waals surface area contributed by atoms with Crippen molar-refractivity contribution in [3.63, 3.8) is 0 Å². The molecule has 0 fully saturated rings. The first-order valence-corrected chi connectivity index (χ1v) is 7.94. The Morgan fingerprint density at radius 3 is 1.76 bits per heavy atom. The van der Waals surface area contributed by atoms with E-state index in [4.69, 9.17) is 0 Å². The second-order valence-electron chi connectivity index (χ2n) is 5.20. The predicted octanol–water partition coefficient (Wildman–Crippen LogP) is 5.60. The molecule has 0 radical (unpaired) electrons. The van der Waals surface area contributed by atoms with Gasteiger partial charge in [0.15, 0.2) is 0 Å². The van der Waals surface area contributed by atoms with E-state index < -0.39 is 0 Å². The van der Waals surface area contributed by atoms with Gasteiger partial charge in [0.1, 0.15) is 5.82 Å². The maximum Gasteiger partial charge on any atom is 0.123 e. The Morgan fingerprint density at radius 1 is 0.800 bits per heavy atom. The third kappa shape index (κ3) is 6.37. The molecule has 124 valence electrons. The minimum Gasteiger partial charge on any atom is -0.388 e. The van der Waals surface area contributed by atoms with Crippen molar-refractivity contribution in [1.29, 1.82) is 0 Å². The quantitative estimate of drug-likeness (QED) is 0.604. The van der Waals surface area contributed by atoms with Gasteiger partial charge in [0.25, 0.3) is 0 Å². The van der Waals surface area contributed by atoms with Crippen molar-refractivity contribution in [3.05, 3.63) is 108 Å². The molecular formula is C23H20FN. The summed E-state index contributed by atoms with van der Waals surface area (Å²) >= 11 is 0. The zero-order valence-corrected chi connectivity index (χ0v) is 14.2. The van der Waals surface area contributed by atoms with Gasteiger partial charge in [-0.05, 0) is 54.1 Å². The number of hydrogen-bond acceptors (Lipinski definition) is 1. The summed E-state index contributed by atoms with van der Waals surface area (Å²) in [6.45, 7) is 3.69. The van der Waals surface area contributed by atoms with Crippen LogP contribution in [0.25, 0.3) is 6.08 Å². The van der Waals surface area contributed by atoms with Crippen LogP contribution in [0, 0.1) is 17.7 Å². The van der Waals surface area contributed by atoms with Gasteiger partial charge in [0.2, 0.25) is 0 Å².